The number of carbonyl (C=O) groups excluding carboxylic acids is 2. The van der Waals surface area contributed by atoms with Crippen LogP contribution in [0.1, 0.15) is 96.9 Å². The van der Waals surface area contributed by atoms with Gasteiger partial charge < -0.3 is 19.3 Å². The highest BCUT2D eigenvalue weighted by Gasteiger charge is 2.49. The molecule has 0 heterocycles. The third-order valence-electron chi connectivity index (χ3n) is 12.4. The summed E-state index contributed by atoms with van der Waals surface area (Å²) < 4.78 is 49.3. The van der Waals surface area contributed by atoms with E-state index in [4.69, 9.17) is 32.7 Å². The largest absolute Gasteiger partial charge is 0.483 e. The predicted octanol–water partition coefficient (Wildman–Crippen LogP) is 14.3. The Bertz CT molecular complexity index is 2440. The minimum Gasteiger partial charge on any atom is -0.483 e. The average Bonchev–Trinajstić information content (AvgIpc) is 3.32. The highest BCUT2D eigenvalue weighted by molar-refractivity contribution is 6.30. The van der Waals surface area contributed by atoms with Gasteiger partial charge in [0.1, 0.15) is 11.5 Å². The second kappa shape index (κ2) is 26.1. The minimum absolute atomic E-state index is 0.0321. The van der Waals surface area contributed by atoms with Crippen molar-refractivity contribution >= 4 is 34.8 Å². The molecule has 0 amide bonds. The Morgan fingerprint density at radius 3 is 1.24 bits per heavy atom. The summed E-state index contributed by atoms with van der Waals surface area (Å²) in [6, 6.07) is 48.6. The number of aryl methyl sites for hydroxylation is 4. The van der Waals surface area contributed by atoms with E-state index in [0.717, 1.165) is 82.0 Å². The van der Waals surface area contributed by atoms with Crippen molar-refractivity contribution in [2.75, 3.05) is 40.3 Å². The van der Waals surface area contributed by atoms with E-state index in [0.29, 0.717) is 10.9 Å². The van der Waals surface area contributed by atoms with E-state index < -0.39 is 23.7 Å². The van der Waals surface area contributed by atoms with Crippen LogP contribution in [-0.4, -0.2) is 79.5 Å². The number of halogens is 5. The van der Waals surface area contributed by atoms with Crippen LogP contribution >= 0.6 is 23.2 Å². The van der Waals surface area contributed by atoms with Gasteiger partial charge in [0, 0.05) is 35.0 Å². The number of ketones is 2. The van der Waals surface area contributed by atoms with Crippen molar-refractivity contribution < 1.29 is 32.2 Å². The molecule has 0 saturated carbocycles. The highest BCUT2D eigenvalue weighted by Crippen LogP contribution is 2.31. The molecule has 0 saturated heterocycles. The number of ether oxygens (including phenoxy) is 2. The number of alkyl halides is 3. The molecule has 0 radical (unpaired) electrons. The Balaban J connectivity index is 0.000000262. The summed E-state index contributed by atoms with van der Waals surface area (Å²) in [4.78, 5) is 27.7. The molecule has 0 bridgehead atoms. The third-order valence-corrected chi connectivity index (χ3v) is 12.9. The van der Waals surface area contributed by atoms with Crippen LogP contribution in [0.4, 0.5) is 13.2 Å². The number of benzene rings is 6. The van der Waals surface area contributed by atoms with Crippen molar-refractivity contribution in [2.24, 2.45) is 0 Å². The smallest absolute Gasteiger partial charge is 0.454 e. The highest BCUT2D eigenvalue weighted by atomic mass is 35.5. The summed E-state index contributed by atoms with van der Waals surface area (Å²) in [5, 5.41) is 1.48. The Labute approximate surface area is 423 Å². The molecule has 3 unspecified atom stereocenters. The van der Waals surface area contributed by atoms with Crippen molar-refractivity contribution in [3.8, 4) is 11.5 Å². The lowest BCUT2D eigenvalue weighted by molar-refractivity contribution is -0.184. The van der Waals surface area contributed by atoms with Crippen LogP contribution in [0.3, 0.4) is 0 Å². The van der Waals surface area contributed by atoms with Crippen LogP contribution in [0.2, 0.25) is 10.0 Å². The summed E-state index contributed by atoms with van der Waals surface area (Å²) in [6.07, 6.45) is -1.56. The molecule has 0 aromatic heterocycles. The van der Waals surface area contributed by atoms with Gasteiger partial charge in [-0.25, -0.2) is 0 Å². The number of hydrogen-bond donors (Lipinski definition) is 0. The first-order chi connectivity index (χ1) is 33.2. The number of carbonyl (C=O) groups is 2. The first-order valence-electron chi connectivity index (χ1n) is 23.8. The number of rotatable bonds is 22. The van der Waals surface area contributed by atoms with Gasteiger partial charge in [-0.15, -0.1) is 0 Å². The lowest BCUT2D eigenvalue weighted by atomic mass is 9.90. The van der Waals surface area contributed by atoms with Gasteiger partial charge in [-0.2, -0.15) is 13.2 Å². The minimum atomic E-state index is -4.94. The zero-order chi connectivity index (χ0) is 51.0. The Morgan fingerprint density at radius 2 is 0.900 bits per heavy atom. The Kier molecular flexibility index (Phi) is 20.7. The van der Waals surface area contributed by atoms with E-state index >= 15 is 0 Å². The molecule has 6 nitrogen and oxygen atoms in total. The fourth-order valence-electron chi connectivity index (χ4n) is 8.13. The quantitative estimate of drug-likeness (QED) is 0.0675. The second-order valence-electron chi connectivity index (χ2n) is 18.9. The maximum Gasteiger partial charge on any atom is 0.454 e. The van der Waals surface area contributed by atoms with Gasteiger partial charge >= 0.3 is 6.18 Å². The van der Waals surface area contributed by atoms with Gasteiger partial charge in [0.2, 0.25) is 0 Å². The summed E-state index contributed by atoms with van der Waals surface area (Å²) in [5.41, 5.74) is 7.90. The number of likely N-dealkylation sites (N-methyl/N-ethyl adjacent to an activating group) is 2. The molecule has 6 aromatic rings. The predicted molar refractivity (Wildman–Crippen MR) is 280 cm³/mol. The molecule has 0 aliphatic heterocycles. The second-order valence-corrected chi connectivity index (χ2v) is 19.7. The van der Waals surface area contributed by atoms with Crippen LogP contribution < -0.4 is 9.47 Å². The van der Waals surface area contributed by atoms with Crippen LogP contribution in [0, 0.1) is 13.8 Å². The lowest BCUT2D eigenvalue weighted by Crippen LogP contribution is -2.46. The SMILES string of the molecule is CC(=O)C(C)Oc1ccc(CCCN(C)CC(c2ccc(C)cc2)c2ccc(Cl)cc2)cc1.Cc1ccc(C(CN(C)CCCc2ccc(OC(C)(C)C(=O)C(F)(F)F)cc2)c2ccc(Cl)cc2)cc1. The van der Waals surface area contributed by atoms with E-state index in [2.05, 4.69) is 123 Å². The van der Waals surface area contributed by atoms with Crippen LogP contribution in [0.5, 0.6) is 11.5 Å². The molecule has 372 valence electrons. The van der Waals surface area contributed by atoms with Crippen molar-refractivity contribution in [2.45, 2.75) is 96.9 Å². The van der Waals surface area contributed by atoms with E-state index in [9.17, 15) is 22.8 Å². The summed E-state index contributed by atoms with van der Waals surface area (Å²) in [7, 11) is 4.30. The molecule has 6 rings (SSSR count). The molecule has 70 heavy (non-hydrogen) atoms. The molecule has 0 aliphatic carbocycles. The molecule has 3 atom stereocenters. The van der Waals surface area contributed by atoms with E-state index in [1.165, 1.54) is 38.9 Å². The normalized spacial score (nSPS) is 13.0. The van der Waals surface area contributed by atoms with Gasteiger partial charge in [-0.3, -0.25) is 9.59 Å². The van der Waals surface area contributed by atoms with E-state index in [1.54, 1.807) is 26.0 Å². The van der Waals surface area contributed by atoms with Crippen molar-refractivity contribution in [1.82, 2.24) is 9.80 Å². The van der Waals surface area contributed by atoms with E-state index in [1.807, 2.05) is 48.5 Å². The molecular formula is C59H67Cl2F3N2O4. The molecule has 0 spiro atoms. The van der Waals surface area contributed by atoms with Crippen molar-refractivity contribution in [3.05, 3.63) is 200 Å². The van der Waals surface area contributed by atoms with Crippen LogP contribution in [0.25, 0.3) is 0 Å². The summed E-state index contributed by atoms with van der Waals surface area (Å²) in [5.74, 6) is -0.399. The Morgan fingerprint density at radius 1 is 0.557 bits per heavy atom. The third kappa shape index (κ3) is 17.7. The maximum absolute atomic E-state index is 12.8. The lowest BCUT2D eigenvalue weighted by Gasteiger charge is -2.26. The maximum atomic E-state index is 12.8. The van der Waals surface area contributed by atoms with Gasteiger partial charge in [0.05, 0.1) is 0 Å². The molecule has 0 fully saturated rings. The fourth-order valence-corrected chi connectivity index (χ4v) is 8.39. The zero-order valence-electron chi connectivity index (χ0n) is 41.7. The summed E-state index contributed by atoms with van der Waals surface area (Å²) in [6.45, 7) is 13.5. The van der Waals surface area contributed by atoms with Gasteiger partial charge in [-0.05, 0) is 176 Å². The molecule has 0 aliphatic rings. The standard InChI is InChI=1S/C30H33ClF3NO2.C29H34ClNO2/c1-21-7-11-23(12-8-21)27(24-13-15-25(31)16-14-24)20-35(4)19-5-6-22-9-17-26(18-10-22)37-29(2,3)28(36)30(32,33)34;1-21-7-11-25(12-8-21)29(26-13-15-27(30)16-14-26)20-31(4)19-5-6-24-9-17-28(18-10-24)33-23(3)22(2)32/h7-18,27H,5-6,19-20H2,1-4H3;7-18,23,29H,5-6,19-20H2,1-4H3. The van der Waals surface area contributed by atoms with Gasteiger partial charge in [0.25, 0.3) is 5.78 Å². The number of Topliss-reactive ketones (excluding diaryl/α,β-unsaturated/α-hetero) is 2. The summed E-state index contributed by atoms with van der Waals surface area (Å²) >= 11 is 12.2. The first-order valence-corrected chi connectivity index (χ1v) is 24.6. The zero-order valence-corrected chi connectivity index (χ0v) is 43.2. The molecule has 11 heteroatoms. The van der Waals surface area contributed by atoms with Crippen LogP contribution in [-0.2, 0) is 22.4 Å². The topological polar surface area (TPSA) is 59.1 Å². The molecular weight excluding hydrogens is 929 g/mol. The van der Waals surface area contributed by atoms with Crippen molar-refractivity contribution in [3.63, 3.8) is 0 Å². The molecule has 0 N–H and O–H groups in total. The van der Waals surface area contributed by atoms with E-state index in [-0.39, 0.29) is 17.5 Å². The first kappa shape index (κ1) is 55.5. The monoisotopic (exact) mass is 994 g/mol. The van der Waals surface area contributed by atoms with Crippen molar-refractivity contribution in [1.29, 1.82) is 0 Å². The van der Waals surface area contributed by atoms with Gasteiger partial charge in [-0.1, -0.05) is 131 Å². The van der Waals surface area contributed by atoms with Crippen LogP contribution in [0.15, 0.2) is 146 Å². The molecule has 6 aromatic carbocycles. The fraction of sp³-hybridized carbons (Fsp3) is 0.356. The average molecular weight is 996 g/mol. The number of nitrogens with zero attached hydrogens (tertiary/aromatic N) is 2. The number of hydrogen-bond acceptors (Lipinski definition) is 6. The van der Waals surface area contributed by atoms with Gasteiger partial charge in [0.15, 0.2) is 17.5 Å². The Hall–Kier alpha value is -5.45.